The second kappa shape index (κ2) is 5.36. The van der Waals surface area contributed by atoms with Gasteiger partial charge in [-0.05, 0) is 42.4 Å². The monoisotopic (exact) mass is 259 g/mol. The molecule has 1 aromatic carbocycles. The van der Waals surface area contributed by atoms with Crippen molar-refractivity contribution in [2.24, 2.45) is 5.92 Å². The average Bonchev–Trinajstić information content (AvgIpc) is 3.11. The summed E-state index contributed by atoms with van der Waals surface area (Å²) >= 11 is 0. The third kappa shape index (κ3) is 4.09. The van der Waals surface area contributed by atoms with Crippen LogP contribution < -0.4 is 5.32 Å². The fraction of sp³-hybridized carbons (Fsp3) is 0.588. The molecule has 0 spiro atoms. The lowest BCUT2D eigenvalue weighted by molar-refractivity contribution is 0.0937. The summed E-state index contributed by atoms with van der Waals surface area (Å²) in [6, 6.07) is 8.25. The molecule has 0 bridgehead atoms. The van der Waals surface area contributed by atoms with Crippen molar-refractivity contribution in [3.8, 4) is 0 Å². The maximum atomic E-state index is 12.1. The second-order valence-corrected chi connectivity index (χ2v) is 6.88. The first-order chi connectivity index (χ1) is 8.86. The molecule has 2 heteroatoms. The van der Waals surface area contributed by atoms with Crippen LogP contribution in [0.4, 0.5) is 0 Å². The van der Waals surface area contributed by atoms with Crippen LogP contribution in [0.1, 0.15) is 62.9 Å². The fourth-order valence-corrected chi connectivity index (χ4v) is 2.34. The Morgan fingerprint density at radius 2 is 1.84 bits per heavy atom. The second-order valence-electron chi connectivity index (χ2n) is 6.88. The Morgan fingerprint density at radius 1 is 1.26 bits per heavy atom. The van der Waals surface area contributed by atoms with Crippen LogP contribution in [0.3, 0.4) is 0 Å². The molecule has 1 aromatic rings. The van der Waals surface area contributed by atoms with Crippen LogP contribution in [0.25, 0.3) is 0 Å². The van der Waals surface area contributed by atoms with Crippen molar-refractivity contribution in [3.05, 3.63) is 35.4 Å². The van der Waals surface area contributed by atoms with Crippen molar-refractivity contribution in [1.29, 1.82) is 0 Å². The van der Waals surface area contributed by atoms with Crippen LogP contribution in [-0.4, -0.2) is 11.9 Å². The Kier molecular flexibility index (Phi) is 3.98. The Hall–Kier alpha value is -1.31. The van der Waals surface area contributed by atoms with Crippen molar-refractivity contribution in [3.63, 3.8) is 0 Å². The normalized spacial score (nSPS) is 17.1. The van der Waals surface area contributed by atoms with Gasteiger partial charge in [0.1, 0.15) is 0 Å². The van der Waals surface area contributed by atoms with E-state index in [0.717, 1.165) is 17.9 Å². The summed E-state index contributed by atoms with van der Waals surface area (Å²) in [5, 5.41) is 3.09. The first-order valence-electron chi connectivity index (χ1n) is 7.27. The Morgan fingerprint density at radius 3 is 2.32 bits per heavy atom. The summed E-state index contributed by atoms with van der Waals surface area (Å²) in [4.78, 5) is 12.1. The average molecular weight is 259 g/mol. The zero-order chi connectivity index (χ0) is 14.0. The van der Waals surface area contributed by atoms with Crippen LogP contribution in [0.2, 0.25) is 0 Å². The van der Waals surface area contributed by atoms with Gasteiger partial charge in [-0.1, -0.05) is 45.7 Å². The van der Waals surface area contributed by atoms with E-state index in [1.165, 1.54) is 18.4 Å². The van der Waals surface area contributed by atoms with E-state index < -0.39 is 0 Å². The van der Waals surface area contributed by atoms with Crippen molar-refractivity contribution in [1.82, 2.24) is 5.32 Å². The predicted molar refractivity (Wildman–Crippen MR) is 79.4 cm³/mol. The molecular weight excluding hydrogens is 234 g/mol. The number of rotatable bonds is 4. The van der Waals surface area contributed by atoms with Gasteiger partial charge in [-0.25, -0.2) is 0 Å². The maximum Gasteiger partial charge on any atom is 0.251 e. The lowest BCUT2D eigenvalue weighted by Crippen LogP contribution is -2.32. The zero-order valence-corrected chi connectivity index (χ0v) is 12.5. The molecule has 1 aliphatic carbocycles. The topological polar surface area (TPSA) is 29.1 Å². The summed E-state index contributed by atoms with van der Waals surface area (Å²) in [5.74, 6) is 0.896. The summed E-state index contributed by atoms with van der Waals surface area (Å²) < 4.78 is 0. The molecule has 1 N–H and O–H groups in total. The minimum atomic E-state index is 0.0496. The van der Waals surface area contributed by atoms with Crippen LogP contribution >= 0.6 is 0 Å². The fourth-order valence-electron chi connectivity index (χ4n) is 2.34. The van der Waals surface area contributed by atoms with Gasteiger partial charge in [-0.3, -0.25) is 4.79 Å². The first-order valence-corrected chi connectivity index (χ1v) is 7.27. The Labute approximate surface area is 116 Å². The van der Waals surface area contributed by atoms with E-state index in [1.54, 1.807) is 0 Å². The highest BCUT2D eigenvalue weighted by atomic mass is 16.1. The van der Waals surface area contributed by atoms with Gasteiger partial charge in [0.25, 0.3) is 5.91 Å². The van der Waals surface area contributed by atoms with Gasteiger partial charge in [0.15, 0.2) is 0 Å². The number of hydrogen-bond donors (Lipinski definition) is 1. The molecule has 2 nitrogen and oxygen atoms in total. The molecule has 19 heavy (non-hydrogen) atoms. The molecule has 1 saturated carbocycles. The van der Waals surface area contributed by atoms with Crippen molar-refractivity contribution in [2.75, 3.05) is 0 Å². The zero-order valence-electron chi connectivity index (χ0n) is 12.5. The van der Waals surface area contributed by atoms with E-state index in [4.69, 9.17) is 0 Å². The lowest BCUT2D eigenvalue weighted by Gasteiger charge is -2.19. The van der Waals surface area contributed by atoms with Crippen molar-refractivity contribution in [2.45, 2.75) is 58.4 Å². The van der Waals surface area contributed by atoms with Gasteiger partial charge >= 0.3 is 0 Å². The van der Waals surface area contributed by atoms with Gasteiger partial charge in [0.05, 0.1) is 0 Å². The van der Waals surface area contributed by atoms with Crippen molar-refractivity contribution >= 4 is 5.91 Å². The highest BCUT2D eigenvalue weighted by Crippen LogP contribution is 2.33. The highest BCUT2D eigenvalue weighted by molar-refractivity contribution is 5.94. The summed E-state index contributed by atoms with van der Waals surface area (Å²) in [6.07, 6.45) is 3.78. The van der Waals surface area contributed by atoms with Gasteiger partial charge in [-0.2, -0.15) is 0 Å². The van der Waals surface area contributed by atoms with E-state index in [0.29, 0.717) is 0 Å². The van der Waals surface area contributed by atoms with E-state index in [-0.39, 0.29) is 17.4 Å². The molecule has 104 valence electrons. The van der Waals surface area contributed by atoms with Crippen LogP contribution in [0.5, 0.6) is 0 Å². The SMILES string of the molecule is CC(CC1CC1)NC(=O)c1ccc(C(C)(C)C)cc1. The molecule has 1 fully saturated rings. The number of amides is 1. The summed E-state index contributed by atoms with van der Waals surface area (Å²) in [5.41, 5.74) is 2.15. The van der Waals surface area contributed by atoms with E-state index in [9.17, 15) is 4.79 Å². The Balaban J connectivity index is 1.95. The number of carbonyl (C=O) groups is 1. The van der Waals surface area contributed by atoms with Gasteiger partial charge in [0, 0.05) is 11.6 Å². The summed E-state index contributed by atoms with van der Waals surface area (Å²) in [7, 11) is 0. The molecule has 1 atom stereocenters. The molecule has 0 radical (unpaired) electrons. The predicted octanol–water partition coefficient (Wildman–Crippen LogP) is 3.90. The van der Waals surface area contributed by atoms with Gasteiger partial charge < -0.3 is 5.32 Å². The van der Waals surface area contributed by atoms with E-state index in [2.05, 4.69) is 45.1 Å². The minimum absolute atomic E-state index is 0.0496. The summed E-state index contributed by atoms with van der Waals surface area (Å²) in [6.45, 7) is 8.64. The van der Waals surface area contributed by atoms with Crippen LogP contribution in [0.15, 0.2) is 24.3 Å². The molecule has 0 heterocycles. The molecule has 1 amide bonds. The quantitative estimate of drug-likeness (QED) is 0.873. The van der Waals surface area contributed by atoms with Crippen molar-refractivity contribution < 1.29 is 4.79 Å². The molecule has 0 aromatic heterocycles. The molecule has 1 aliphatic rings. The molecule has 0 saturated heterocycles. The smallest absolute Gasteiger partial charge is 0.251 e. The standard InChI is InChI=1S/C17H25NO/c1-12(11-13-5-6-13)18-16(19)14-7-9-15(10-8-14)17(2,3)4/h7-10,12-13H,5-6,11H2,1-4H3,(H,18,19). The Bertz CT molecular complexity index is 437. The molecular formula is C17H25NO. The number of hydrogen-bond acceptors (Lipinski definition) is 1. The van der Waals surface area contributed by atoms with Gasteiger partial charge in [0.2, 0.25) is 0 Å². The number of nitrogens with one attached hydrogen (secondary N) is 1. The maximum absolute atomic E-state index is 12.1. The third-order valence-electron chi connectivity index (χ3n) is 3.77. The van der Waals surface area contributed by atoms with Gasteiger partial charge in [-0.15, -0.1) is 0 Å². The lowest BCUT2D eigenvalue weighted by atomic mass is 9.86. The molecule has 2 rings (SSSR count). The van der Waals surface area contributed by atoms with Crippen LogP contribution in [-0.2, 0) is 5.41 Å². The number of carbonyl (C=O) groups excluding carboxylic acids is 1. The molecule has 0 aliphatic heterocycles. The van der Waals surface area contributed by atoms with E-state index >= 15 is 0 Å². The van der Waals surface area contributed by atoms with Crippen LogP contribution in [0, 0.1) is 5.92 Å². The highest BCUT2D eigenvalue weighted by Gasteiger charge is 2.24. The van der Waals surface area contributed by atoms with E-state index in [1.807, 2.05) is 12.1 Å². The largest absolute Gasteiger partial charge is 0.350 e. The number of benzene rings is 1. The minimum Gasteiger partial charge on any atom is -0.350 e. The molecule has 1 unspecified atom stereocenters. The third-order valence-corrected chi connectivity index (χ3v) is 3.77. The first kappa shape index (κ1) is 14.1.